The van der Waals surface area contributed by atoms with Crippen LogP contribution in [-0.2, 0) is 6.18 Å². The van der Waals surface area contributed by atoms with Gasteiger partial charge in [-0.2, -0.15) is 18.3 Å². The minimum absolute atomic E-state index is 0.155. The molecule has 30 heavy (non-hydrogen) atoms. The van der Waals surface area contributed by atoms with Crippen molar-refractivity contribution in [2.24, 2.45) is 0 Å². The molecule has 0 saturated carbocycles. The summed E-state index contributed by atoms with van der Waals surface area (Å²) < 4.78 is 54.2. The molecule has 4 aromatic rings. The topological polar surface area (TPSA) is 42.2 Å². The maximum Gasteiger partial charge on any atom is 0.417 e. The number of fused-ring (bicyclic) bond motifs is 1. The van der Waals surface area contributed by atoms with E-state index < -0.39 is 17.6 Å². The Morgan fingerprint density at radius 3 is 2.37 bits per heavy atom. The van der Waals surface area contributed by atoms with Crippen LogP contribution in [0.25, 0.3) is 27.9 Å². The quantitative estimate of drug-likeness (QED) is 0.414. The number of alkyl halides is 3. The van der Waals surface area contributed by atoms with Crippen LogP contribution in [0, 0.1) is 5.82 Å². The first-order valence-corrected chi connectivity index (χ1v) is 9.31. The smallest absolute Gasteiger partial charge is 0.368 e. The maximum atomic E-state index is 13.4. The van der Waals surface area contributed by atoms with Gasteiger partial charge in [0.2, 0.25) is 0 Å². The monoisotopic (exact) mass is 414 g/mol. The van der Waals surface area contributed by atoms with Gasteiger partial charge < -0.3 is 5.32 Å². The van der Waals surface area contributed by atoms with Gasteiger partial charge in [0.25, 0.3) is 0 Å². The molecule has 3 aromatic heterocycles. The van der Waals surface area contributed by atoms with Gasteiger partial charge in [-0.05, 0) is 67.9 Å². The third-order valence-electron chi connectivity index (χ3n) is 4.56. The summed E-state index contributed by atoms with van der Waals surface area (Å²) in [6.07, 6.45) is -1.90. The lowest BCUT2D eigenvalue weighted by atomic mass is 10.00. The van der Waals surface area contributed by atoms with Crippen LogP contribution in [0.3, 0.4) is 0 Å². The van der Waals surface area contributed by atoms with Gasteiger partial charge in [0.15, 0.2) is 0 Å². The minimum atomic E-state index is -4.48. The average molecular weight is 414 g/mol. The van der Waals surface area contributed by atoms with Gasteiger partial charge in [0, 0.05) is 29.6 Å². The SMILES string of the molecule is CC(C)Nc1cc(-c2c(-c3ccc(F)cc3)nn3cc(C(F)(F)F)ccc23)ccn1. The van der Waals surface area contributed by atoms with E-state index in [2.05, 4.69) is 15.4 Å². The number of pyridine rings is 2. The van der Waals surface area contributed by atoms with Crippen LogP contribution in [-0.4, -0.2) is 20.6 Å². The molecule has 0 aliphatic heterocycles. The Kier molecular flexibility index (Phi) is 4.93. The third-order valence-corrected chi connectivity index (χ3v) is 4.56. The first kappa shape index (κ1) is 19.9. The molecular weight excluding hydrogens is 396 g/mol. The standard InChI is InChI=1S/C22H18F4N4/c1-13(2)28-19-11-15(9-10-27-19)20-18-8-5-16(22(24,25)26)12-30(18)29-21(20)14-3-6-17(23)7-4-14/h3-13H,1-2H3,(H,27,28). The normalized spacial score (nSPS) is 12.0. The summed E-state index contributed by atoms with van der Waals surface area (Å²) in [6, 6.07) is 11.9. The molecule has 4 rings (SSSR count). The number of nitrogens with one attached hydrogen (secondary N) is 1. The highest BCUT2D eigenvalue weighted by Crippen LogP contribution is 2.37. The second kappa shape index (κ2) is 7.44. The number of aromatic nitrogens is 3. The molecule has 0 aliphatic carbocycles. The fraction of sp³-hybridized carbons (Fsp3) is 0.182. The Hall–Kier alpha value is -3.42. The number of nitrogens with zero attached hydrogens (tertiary/aromatic N) is 3. The molecule has 0 radical (unpaired) electrons. The van der Waals surface area contributed by atoms with Gasteiger partial charge in [0.1, 0.15) is 17.3 Å². The van der Waals surface area contributed by atoms with Crippen molar-refractivity contribution < 1.29 is 17.6 Å². The van der Waals surface area contributed by atoms with Gasteiger partial charge in [-0.15, -0.1) is 0 Å². The molecule has 1 aromatic carbocycles. The summed E-state index contributed by atoms with van der Waals surface area (Å²) in [6.45, 7) is 3.96. The number of hydrogen-bond acceptors (Lipinski definition) is 3. The molecule has 8 heteroatoms. The summed E-state index contributed by atoms with van der Waals surface area (Å²) >= 11 is 0. The number of rotatable bonds is 4. The van der Waals surface area contributed by atoms with E-state index in [1.165, 1.54) is 22.7 Å². The largest absolute Gasteiger partial charge is 0.417 e. The number of benzene rings is 1. The first-order chi connectivity index (χ1) is 14.2. The van der Waals surface area contributed by atoms with E-state index in [4.69, 9.17) is 0 Å². The summed E-state index contributed by atoms with van der Waals surface area (Å²) in [7, 11) is 0. The third kappa shape index (κ3) is 3.85. The molecule has 4 nitrogen and oxygen atoms in total. The summed E-state index contributed by atoms with van der Waals surface area (Å²) in [5.41, 5.74) is 2.14. The van der Waals surface area contributed by atoms with E-state index in [0.29, 0.717) is 28.2 Å². The second-order valence-electron chi connectivity index (χ2n) is 7.20. The maximum absolute atomic E-state index is 13.4. The summed E-state index contributed by atoms with van der Waals surface area (Å²) in [5, 5.41) is 7.62. The van der Waals surface area contributed by atoms with Crippen molar-refractivity contribution >= 4 is 11.3 Å². The molecule has 0 saturated heterocycles. The second-order valence-corrected chi connectivity index (χ2v) is 7.20. The van der Waals surface area contributed by atoms with Crippen molar-refractivity contribution in [3.8, 4) is 22.4 Å². The van der Waals surface area contributed by atoms with Crippen LogP contribution in [0.15, 0.2) is 60.9 Å². The highest BCUT2D eigenvalue weighted by Gasteiger charge is 2.31. The van der Waals surface area contributed by atoms with Crippen LogP contribution in [0.2, 0.25) is 0 Å². The Morgan fingerprint density at radius 1 is 0.967 bits per heavy atom. The summed E-state index contributed by atoms with van der Waals surface area (Å²) in [4.78, 5) is 4.29. The van der Waals surface area contributed by atoms with Crippen molar-refractivity contribution in [1.82, 2.24) is 14.6 Å². The van der Waals surface area contributed by atoms with E-state index in [1.54, 1.807) is 24.4 Å². The molecule has 1 N–H and O–H groups in total. The van der Waals surface area contributed by atoms with Crippen LogP contribution >= 0.6 is 0 Å². The Labute approximate surface area is 170 Å². The Bertz CT molecular complexity index is 1190. The molecule has 0 fully saturated rings. The Balaban J connectivity index is 1.96. The van der Waals surface area contributed by atoms with Crippen LogP contribution < -0.4 is 5.32 Å². The zero-order chi connectivity index (χ0) is 21.5. The molecule has 154 valence electrons. The van der Waals surface area contributed by atoms with Gasteiger partial charge in [-0.25, -0.2) is 13.9 Å². The van der Waals surface area contributed by atoms with Crippen LogP contribution in [0.5, 0.6) is 0 Å². The predicted octanol–water partition coefficient (Wildman–Crippen LogP) is 6.04. The number of halogens is 4. The molecule has 3 heterocycles. The zero-order valence-electron chi connectivity index (χ0n) is 16.2. The van der Waals surface area contributed by atoms with Crippen molar-refractivity contribution in [2.75, 3.05) is 5.32 Å². The minimum Gasteiger partial charge on any atom is -0.368 e. The molecule has 0 aliphatic rings. The average Bonchev–Trinajstić information content (AvgIpc) is 3.06. The van der Waals surface area contributed by atoms with Crippen LogP contribution in [0.4, 0.5) is 23.4 Å². The van der Waals surface area contributed by atoms with Crippen LogP contribution in [0.1, 0.15) is 19.4 Å². The van der Waals surface area contributed by atoms with Gasteiger partial charge >= 0.3 is 6.18 Å². The number of anilines is 1. The van der Waals surface area contributed by atoms with Crippen molar-refractivity contribution in [1.29, 1.82) is 0 Å². The van der Waals surface area contributed by atoms with Gasteiger partial charge in [0.05, 0.1) is 11.1 Å². The predicted molar refractivity (Wildman–Crippen MR) is 108 cm³/mol. The molecule has 0 spiro atoms. The molecule has 0 bridgehead atoms. The lowest BCUT2D eigenvalue weighted by molar-refractivity contribution is -0.137. The van der Waals surface area contributed by atoms with E-state index in [-0.39, 0.29) is 6.04 Å². The number of hydrogen-bond donors (Lipinski definition) is 1. The van der Waals surface area contributed by atoms with E-state index in [0.717, 1.165) is 17.8 Å². The fourth-order valence-corrected chi connectivity index (χ4v) is 3.27. The Morgan fingerprint density at radius 2 is 1.70 bits per heavy atom. The van der Waals surface area contributed by atoms with Gasteiger partial charge in [-0.3, -0.25) is 0 Å². The molecule has 0 amide bonds. The van der Waals surface area contributed by atoms with Crippen molar-refractivity contribution in [3.05, 3.63) is 72.3 Å². The van der Waals surface area contributed by atoms with Gasteiger partial charge in [-0.1, -0.05) is 0 Å². The van der Waals surface area contributed by atoms with E-state index in [1.807, 2.05) is 19.9 Å². The molecule has 0 unspecified atom stereocenters. The lowest BCUT2D eigenvalue weighted by Crippen LogP contribution is -2.10. The molecular formula is C22H18F4N4. The fourth-order valence-electron chi connectivity index (χ4n) is 3.27. The zero-order valence-corrected chi connectivity index (χ0v) is 16.2. The van der Waals surface area contributed by atoms with Crippen molar-refractivity contribution in [2.45, 2.75) is 26.1 Å². The highest BCUT2D eigenvalue weighted by molar-refractivity contribution is 5.92. The van der Waals surface area contributed by atoms with E-state index in [9.17, 15) is 17.6 Å². The first-order valence-electron chi connectivity index (χ1n) is 9.31. The van der Waals surface area contributed by atoms with E-state index >= 15 is 0 Å². The lowest BCUT2D eigenvalue weighted by Gasteiger charge is -2.11. The summed E-state index contributed by atoms with van der Waals surface area (Å²) in [5.74, 6) is 0.231. The molecule has 0 atom stereocenters. The van der Waals surface area contributed by atoms with Crippen molar-refractivity contribution in [3.63, 3.8) is 0 Å². The highest BCUT2D eigenvalue weighted by atomic mass is 19.4.